The van der Waals surface area contributed by atoms with E-state index in [0.29, 0.717) is 25.9 Å². The number of rotatable bonds is 4. The molecule has 1 aromatic rings. The van der Waals surface area contributed by atoms with E-state index >= 15 is 0 Å². The normalized spacial score (nSPS) is 23.1. The van der Waals surface area contributed by atoms with Gasteiger partial charge in [-0.2, -0.15) is 0 Å². The second kappa shape index (κ2) is 5.95. The average Bonchev–Trinajstić information content (AvgIpc) is 2.43. The van der Waals surface area contributed by atoms with Crippen molar-refractivity contribution in [3.05, 3.63) is 30.1 Å². The van der Waals surface area contributed by atoms with Crippen LogP contribution in [0.2, 0.25) is 0 Å². The first-order valence-corrected chi connectivity index (χ1v) is 6.78. The molecule has 0 aliphatic heterocycles. The van der Waals surface area contributed by atoms with E-state index in [1.807, 2.05) is 12.1 Å². The summed E-state index contributed by atoms with van der Waals surface area (Å²) in [4.78, 5) is 28.6. The van der Waals surface area contributed by atoms with Gasteiger partial charge in [-0.1, -0.05) is 6.42 Å². The summed E-state index contributed by atoms with van der Waals surface area (Å²) in [5.74, 6) is -0.342. The summed E-state index contributed by atoms with van der Waals surface area (Å²) < 4.78 is 5.15. The van der Waals surface area contributed by atoms with Gasteiger partial charge in [-0.15, -0.1) is 0 Å². The maximum absolute atomic E-state index is 12.3. The predicted molar refractivity (Wildman–Crippen MR) is 70.5 cm³/mol. The Kier molecular flexibility index (Phi) is 4.30. The van der Waals surface area contributed by atoms with E-state index in [1.54, 1.807) is 19.3 Å². The van der Waals surface area contributed by atoms with Gasteiger partial charge >= 0.3 is 5.97 Å². The van der Waals surface area contributed by atoms with Gasteiger partial charge < -0.3 is 4.74 Å². The van der Waals surface area contributed by atoms with E-state index in [1.165, 1.54) is 0 Å². The monoisotopic (exact) mass is 261 g/mol. The summed E-state index contributed by atoms with van der Waals surface area (Å²) >= 11 is 0. The van der Waals surface area contributed by atoms with Crippen LogP contribution in [0, 0.1) is 5.41 Å². The van der Waals surface area contributed by atoms with Crippen LogP contribution >= 0.6 is 0 Å². The van der Waals surface area contributed by atoms with E-state index in [9.17, 15) is 9.59 Å². The molecule has 0 saturated heterocycles. The lowest BCUT2D eigenvalue weighted by atomic mass is 9.69. The number of aromatic nitrogens is 1. The summed E-state index contributed by atoms with van der Waals surface area (Å²) in [6.45, 7) is 2.08. The van der Waals surface area contributed by atoms with Gasteiger partial charge in [0.15, 0.2) is 5.78 Å². The van der Waals surface area contributed by atoms with Crippen molar-refractivity contribution < 1.29 is 14.3 Å². The summed E-state index contributed by atoms with van der Waals surface area (Å²) in [6, 6.07) is 3.70. The Balaban J connectivity index is 2.28. The lowest BCUT2D eigenvalue weighted by Crippen LogP contribution is -2.44. The fraction of sp³-hybridized carbons (Fsp3) is 0.533. The molecule has 0 N–H and O–H groups in total. The number of carbonyl (C=O) groups is 2. The minimum atomic E-state index is -0.977. The van der Waals surface area contributed by atoms with Crippen molar-refractivity contribution in [1.82, 2.24) is 4.98 Å². The Hall–Kier alpha value is -1.71. The highest BCUT2D eigenvalue weighted by atomic mass is 16.5. The molecule has 4 nitrogen and oxygen atoms in total. The van der Waals surface area contributed by atoms with E-state index < -0.39 is 5.41 Å². The van der Waals surface area contributed by atoms with Crippen LogP contribution in [-0.2, 0) is 20.7 Å². The third-order valence-electron chi connectivity index (χ3n) is 3.71. The maximum Gasteiger partial charge on any atom is 0.319 e. The zero-order chi connectivity index (χ0) is 13.7. The lowest BCUT2D eigenvalue weighted by molar-refractivity contribution is -0.162. The topological polar surface area (TPSA) is 56.3 Å². The predicted octanol–water partition coefficient (Wildman–Crippen LogP) is 2.32. The Morgan fingerprint density at radius 1 is 1.37 bits per heavy atom. The first kappa shape index (κ1) is 13.7. The van der Waals surface area contributed by atoms with Crippen LogP contribution in [0.4, 0.5) is 0 Å². The van der Waals surface area contributed by atoms with Crippen molar-refractivity contribution in [2.75, 3.05) is 6.61 Å². The van der Waals surface area contributed by atoms with Crippen LogP contribution in [0.3, 0.4) is 0 Å². The first-order valence-electron chi connectivity index (χ1n) is 6.78. The van der Waals surface area contributed by atoms with Crippen LogP contribution < -0.4 is 0 Å². The van der Waals surface area contributed by atoms with Crippen molar-refractivity contribution in [3.63, 3.8) is 0 Å². The zero-order valence-corrected chi connectivity index (χ0v) is 11.2. The van der Waals surface area contributed by atoms with Gasteiger partial charge in [-0.05, 0) is 43.9 Å². The Labute approximate surface area is 113 Å². The average molecular weight is 261 g/mol. The van der Waals surface area contributed by atoms with Gasteiger partial charge in [0.1, 0.15) is 5.41 Å². The molecule has 102 valence electrons. The number of hydrogen-bond acceptors (Lipinski definition) is 4. The van der Waals surface area contributed by atoms with Crippen LogP contribution in [0.5, 0.6) is 0 Å². The quantitative estimate of drug-likeness (QED) is 0.616. The first-order chi connectivity index (χ1) is 9.19. The van der Waals surface area contributed by atoms with Crippen LogP contribution in [-0.4, -0.2) is 23.3 Å². The molecule has 1 unspecified atom stereocenters. The van der Waals surface area contributed by atoms with E-state index in [-0.39, 0.29) is 11.8 Å². The minimum absolute atomic E-state index is 0.0222. The van der Waals surface area contributed by atoms with Crippen molar-refractivity contribution in [3.8, 4) is 0 Å². The Bertz CT molecular complexity index is 458. The number of ether oxygens (including phenoxy) is 1. The number of esters is 1. The van der Waals surface area contributed by atoms with Crippen LogP contribution in [0.1, 0.15) is 38.2 Å². The van der Waals surface area contributed by atoms with Gasteiger partial charge in [0.2, 0.25) is 0 Å². The maximum atomic E-state index is 12.3. The number of pyridine rings is 1. The summed E-state index contributed by atoms with van der Waals surface area (Å²) in [5.41, 5.74) is -0.0198. The largest absolute Gasteiger partial charge is 0.465 e. The molecule has 0 spiro atoms. The second-order valence-electron chi connectivity index (χ2n) is 4.97. The lowest BCUT2D eigenvalue weighted by Gasteiger charge is -2.33. The highest BCUT2D eigenvalue weighted by Gasteiger charge is 2.47. The molecular formula is C15H19NO3. The van der Waals surface area contributed by atoms with Crippen molar-refractivity contribution >= 4 is 11.8 Å². The molecule has 2 rings (SSSR count). The smallest absolute Gasteiger partial charge is 0.319 e. The molecule has 0 amide bonds. The highest BCUT2D eigenvalue weighted by Crippen LogP contribution is 2.37. The SMILES string of the molecule is CCOC(=O)C1(Cc2ccncc2)CCCCC1=O. The molecule has 19 heavy (non-hydrogen) atoms. The molecule has 1 saturated carbocycles. The minimum Gasteiger partial charge on any atom is -0.465 e. The second-order valence-corrected chi connectivity index (χ2v) is 4.97. The molecule has 1 fully saturated rings. The van der Waals surface area contributed by atoms with Crippen LogP contribution in [0.15, 0.2) is 24.5 Å². The van der Waals surface area contributed by atoms with Gasteiger partial charge in [0, 0.05) is 18.8 Å². The van der Waals surface area contributed by atoms with Gasteiger partial charge in [0.25, 0.3) is 0 Å². The summed E-state index contributed by atoms with van der Waals surface area (Å²) in [6.07, 6.45) is 6.62. The molecule has 1 aliphatic rings. The summed E-state index contributed by atoms with van der Waals surface area (Å²) in [5, 5.41) is 0. The molecule has 0 bridgehead atoms. The van der Waals surface area contributed by atoms with Gasteiger partial charge in [-0.3, -0.25) is 14.6 Å². The van der Waals surface area contributed by atoms with Crippen molar-refractivity contribution in [1.29, 1.82) is 0 Å². The fourth-order valence-corrected chi connectivity index (χ4v) is 2.68. The Morgan fingerprint density at radius 2 is 2.11 bits per heavy atom. The molecule has 1 heterocycles. The van der Waals surface area contributed by atoms with Crippen molar-refractivity contribution in [2.24, 2.45) is 5.41 Å². The molecule has 0 radical (unpaired) electrons. The Morgan fingerprint density at radius 3 is 2.74 bits per heavy atom. The molecule has 1 atom stereocenters. The summed E-state index contributed by atoms with van der Waals surface area (Å²) in [7, 11) is 0. The number of hydrogen-bond donors (Lipinski definition) is 0. The number of ketones is 1. The van der Waals surface area contributed by atoms with Gasteiger partial charge in [0.05, 0.1) is 6.61 Å². The fourth-order valence-electron chi connectivity index (χ4n) is 2.68. The van der Waals surface area contributed by atoms with Gasteiger partial charge in [-0.25, -0.2) is 0 Å². The molecular weight excluding hydrogens is 242 g/mol. The van der Waals surface area contributed by atoms with E-state index in [4.69, 9.17) is 4.74 Å². The molecule has 1 aliphatic carbocycles. The van der Waals surface area contributed by atoms with Crippen LogP contribution in [0.25, 0.3) is 0 Å². The zero-order valence-electron chi connectivity index (χ0n) is 11.2. The van der Waals surface area contributed by atoms with Crippen molar-refractivity contribution in [2.45, 2.75) is 39.0 Å². The van der Waals surface area contributed by atoms with E-state index in [0.717, 1.165) is 18.4 Å². The number of carbonyl (C=O) groups excluding carboxylic acids is 2. The number of nitrogens with zero attached hydrogens (tertiary/aromatic N) is 1. The highest BCUT2D eigenvalue weighted by molar-refractivity contribution is 6.04. The third-order valence-corrected chi connectivity index (χ3v) is 3.71. The standard InChI is InChI=1S/C15H19NO3/c1-2-19-14(18)15(8-4-3-5-13(15)17)11-12-6-9-16-10-7-12/h6-7,9-10H,2-5,8,11H2,1H3. The molecule has 0 aromatic carbocycles. The molecule has 1 aromatic heterocycles. The van der Waals surface area contributed by atoms with E-state index in [2.05, 4.69) is 4.98 Å². The molecule has 4 heteroatoms. The third kappa shape index (κ3) is 2.83. The number of Topliss-reactive ketones (excluding diaryl/α,β-unsaturated/α-hetero) is 1.